The lowest BCUT2D eigenvalue weighted by molar-refractivity contribution is -0.144. The molecule has 2 heterocycles. The molecule has 1 aromatic carbocycles. The minimum Gasteiger partial charge on any atom is -0.478 e. The van der Waals surface area contributed by atoms with E-state index < -0.39 is 12.1 Å². The van der Waals surface area contributed by atoms with E-state index in [0.717, 1.165) is 10.0 Å². The van der Waals surface area contributed by atoms with E-state index in [1.54, 1.807) is 30.6 Å². The quantitative estimate of drug-likeness (QED) is 0.933. The molecule has 0 radical (unpaired) electrons. The number of carbonyl (C=O) groups is 1. The van der Waals surface area contributed by atoms with Gasteiger partial charge in [-0.2, -0.15) is 0 Å². The van der Waals surface area contributed by atoms with Crippen LogP contribution in [0.2, 0.25) is 0 Å². The van der Waals surface area contributed by atoms with Crippen LogP contribution in [0.3, 0.4) is 0 Å². The molecule has 2 aromatic rings. The Morgan fingerprint density at radius 1 is 1.45 bits per heavy atom. The summed E-state index contributed by atoms with van der Waals surface area (Å²) in [6, 6.07) is 7.05. The molecule has 0 saturated carbocycles. The van der Waals surface area contributed by atoms with Crippen molar-refractivity contribution < 1.29 is 19.4 Å². The molecule has 1 aliphatic heterocycles. The average molecular weight is 336 g/mol. The van der Waals surface area contributed by atoms with E-state index >= 15 is 0 Å². The fourth-order valence-electron chi connectivity index (χ4n) is 1.98. The summed E-state index contributed by atoms with van der Waals surface area (Å²) >= 11 is 3.35. The van der Waals surface area contributed by atoms with Gasteiger partial charge in [-0.3, -0.25) is 4.98 Å². The lowest BCUT2D eigenvalue weighted by Gasteiger charge is -2.08. The molecule has 1 unspecified atom stereocenters. The highest BCUT2D eigenvalue weighted by atomic mass is 79.9. The van der Waals surface area contributed by atoms with Crippen LogP contribution in [0.15, 0.2) is 41.1 Å². The van der Waals surface area contributed by atoms with Gasteiger partial charge in [0.25, 0.3) is 0 Å². The molecule has 1 N–H and O–H groups in total. The zero-order valence-corrected chi connectivity index (χ0v) is 11.8. The first-order valence-corrected chi connectivity index (χ1v) is 6.72. The highest BCUT2D eigenvalue weighted by Crippen LogP contribution is 2.35. The number of fused-ring (bicyclic) bond motifs is 1. The van der Waals surface area contributed by atoms with Gasteiger partial charge in [-0.05, 0) is 27.6 Å². The number of hydrogen-bond acceptors (Lipinski definition) is 4. The van der Waals surface area contributed by atoms with Gasteiger partial charge in [0.2, 0.25) is 0 Å². The van der Waals surface area contributed by atoms with Crippen LogP contribution in [0.25, 0.3) is 0 Å². The Morgan fingerprint density at radius 2 is 2.30 bits per heavy atom. The van der Waals surface area contributed by atoms with E-state index in [1.807, 2.05) is 6.07 Å². The monoisotopic (exact) mass is 335 g/mol. The Hall–Kier alpha value is -2.08. The van der Waals surface area contributed by atoms with Gasteiger partial charge in [0.1, 0.15) is 17.2 Å². The van der Waals surface area contributed by atoms with Crippen LogP contribution >= 0.6 is 15.9 Å². The van der Waals surface area contributed by atoms with E-state index in [1.165, 1.54) is 0 Å². The minimum absolute atomic E-state index is 0.379. The third kappa shape index (κ3) is 2.46. The van der Waals surface area contributed by atoms with Crippen molar-refractivity contribution >= 4 is 21.9 Å². The lowest BCUT2D eigenvalue weighted by Crippen LogP contribution is -2.24. The van der Waals surface area contributed by atoms with Gasteiger partial charge in [0, 0.05) is 30.9 Å². The molecule has 1 aliphatic rings. The van der Waals surface area contributed by atoms with Crippen LogP contribution in [-0.4, -0.2) is 22.2 Å². The summed E-state index contributed by atoms with van der Waals surface area (Å²) in [5, 5.41) is 8.96. The Morgan fingerprint density at radius 3 is 3.05 bits per heavy atom. The van der Waals surface area contributed by atoms with Gasteiger partial charge < -0.3 is 14.6 Å². The molecule has 0 spiro atoms. The summed E-state index contributed by atoms with van der Waals surface area (Å²) in [7, 11) is 0. The summed E-state index contributed by atoms with van der Waals surface area (Å²) in [4.78, 5) is 14.9. The number of benzene rings is 1. The third-order valence-electron chi connectivity index (χ3n) is 2.95. The molecular weight excluding hydrogens is 326 g/mol. The molecular formula is C14H10BrNO4. The maximum atomic E-state index is 10.9. The number of carboxylic acids is 1. The van der Waals surface area contributed by atoms with E-state index in [9.17, 15) is 4.79 Å². The normalized spacial score (nSPS) is 16.4. The molecule has 0 saturated heterocycles. The first-order valence-electron chi connectivity index (χ1n) is 5.93. The highest BCUT2D eigenvalue weighted by molar-refractivity contribution is 9.10. The Kier molecular flexibility index (Phi) is 3.31. The number of ether oxygens (including phenoxy) is 2. The van der Waals surface area contributed by atoms with E-state index in [2.05, 4.69) is 20.9 Å². The SMILES string of the molecule is O=C(O)C1Cc2ccc(Oc3ccncc3Br)cc2O1. The topological polar surface area (TPSA) is 68.7 Å². The van der Waals surface area contributed by atoms with Crippen molar-refractivity contribution in [2.24, 2.45) is 0 Å². The van der Waals surface area contributed by atoms with Gasteiger partial charge in [0.05, 0.1) is 4.47 Å². The van der Waals surface area contributed by atoms with Gasteiger partial charge >= 0.3 is 5.97 Å². The molecule has 3 rings (SSSR count). The van der Waals surface area contributed by atoms with Crippen molar-refractivity contribution in [3.05, 3.63) is 46.7 Å². The minimum atomic E-state index is -0.958. The van der Waals surface area contributed by atoms with Crippen LogP contribution in [0, 0.1) is 0 Å². The first-order chi connectivity index (χ1) is 9.63. The predicted octanol–water partition coefficient (Wildman–Crippen LogP) is 3.02. The molecule has 20 heavy (non-hydrogen) atoms. The van der Waals surface area contributed by atoms with Crippen molar-refractivity contribution in [1.82, 2.24) is 4.98 Å². The molecule has 0 bridgehead atoms. The number of halogens is 1. The second-order valence-electron chi connectivity index (χ2n) is 4.33. The standard InChI is InChI=1S/C14H10BrNO4/c15-10-7-16-4-3-11(10)19-9-2-1-8-5-13(14(17)18)20-12(8)6-9/h1-4,6-7,13H,5H2,(H,17,18). The van der Waals surface area contributed by atoms with Crippen molar-refractivity contribution in [2.45, 2.75) is 12.5 Å². The first kappa shape index (κ1) is 12.9. The van der Waals surface area contributed by atoms with Crippen LogP contribution in [0.5, 0.6) is 17.2 Å². The van der Waals surface area contributed by atoms with Crippen molar-refractivity contribution in [3.63, 3.8) is 0 Å². The molecule has 0 fully saturated rings. The second-order valence-corrected chi connectivity index (χ2v) is 5.18. The largest absolute Gasteiger partial charge is 0.478 e. The number of rotatable bonds is 3. The van der Waals surface area contributed by atoms with Gasteiger partial charge in [-0.25, -0.2) is 4.79 Å². The fourth-order valence-corrected chi connectivity index (χ4v) is 2.31. The van der Waals surface area contributed by atoms with Crippen LogP contribution < -0.4 is 9.47 Å². The number of hydrogen-bond donors (Lipinski definition) is 1. The Bertz CT molecular complexity index is 674. The van der Waals surface area contributed by atoms with Crippen LogP contribution in [0.4, 0.5) is 0 Å². The van der Waals surface area contributed by atoms with E-state index in [4.69, 9.17) is 14.6 Å². The Balaban J connectivity index is 1.83. The number of nitrogens with zero attached hydrogens (tertiary/aromatic N) is 1. The number of aliphatic carboxylic acids is 1. The molecule has 1 aromatic heterocycles. The highest BCUT2D eigenvalue weighted by Gasteiger charge is 2.29. The van der Waals surface area contributed by atoms with E-state index in [-0.39, 0.29) is 0 Å². The maximum absolute atomic E-state index is 10.9. The number of pyridine rings is 1. The number of carboxylic acid groups (broad SMARTS) is 1. The number of aromatic nitrogens is 1. The maximum Gasteiger partial charge on any atom is 0.345 e. The van der Waals surface area contributed by atoms with Gasteiger partial charge in [-0.1, -0.05) is 6.07 Å². The van der Waals surface area contributed by atoms with Crippen molar-refractivity contribution in [2.75, 3.05) is 0 Å². The lowest BCUT2D eigenvalue weighted by atomic mass is 10.1. The molecule has 6 heteroatoms. The summed E-state index contributed by atoms with van der Waals surface area (Å²) in [5.74, 6) is 0.815. The zero-order chi connectivity index (χ0) is 14.1. The predicted molar refractivity (Wildman–Crippen MR) is 74.2 cm³/mol. The van der Waals surface area contributed by atoms with E-state index in [0.29, 0.717) is 23.7 Å². The van der Waals surface area contributed by atoms with Crippen molar-refractivity contribution in [3.8, 4) is 17.2 Å². The summed E-state index contributed by atoms with van der Waals surface area (Å²) < 4.78 is 11.8. The molecule has 0 amide bonds. The van der Waals surface area contributed by atoms with Gasteiger partial charge in [0.15, 0.2) is 6.10 Å². The summed E-state index contributed by atoms with van der Waals surface area (Å²) in [6.45, 7) is 0. The third-order valence-corrected chi connectivity index (χ3v) is 3.55. The zero-order valence-electron chi connectivity index (χ0n) is 10.2. The molecule has 5 nitrogen and oxygen atoms in total. The second kappa shape index (κ2) is 5.13. The Labute approximate surface area is 123 Å². The molecule has 102 valence electrons. The van der Waals surface area contributed by atoms with Crippen LogP contribution in [-0.2, 0) is 11.2 Å². The van der Waals surface area contributed by atoms with Crippen LogP contribution in [0.1, 0.15) is 5.56 Å². The summed E-state index contributed by atoms with van der Waals surface area (Å²) in [5.41, 5.74) is 0.874. The van der Waals surface area contributed by atoms with Gasteiger partial charge in [-0.15, -0.1) is 0 Å². The van der Waals surface area contributed by atoms with Crippen molar-refractivity contribution in [1.29, 1.82) is 0 Å². The smallest absolute Gasteiger partial charge is 0.345 e. The molecule has 1 atom stereocenters. The molecule has 0 aliphatic carbocycles. The fraction of sp³-hybridized carbons (Fsp3) is 0.143. The average Bonchev–Trinajstić information content (AvgIpc) is 2.85. The summed E-state index contributed by atoms with van der Waals surface area (Å²) in [6.07, 6.45) is 2.83.